The minimum Gasteiger partial charge on any atom is -0.398 e. The average molecular weight is 382 g/mol. The molecule has 0 bridgehead atoms. The van der Waals surface area contributed by atoms with Crippen molar-refractivity contribution in [1.82, 2.24) is 4.98 Å². The number of aromatic nitrogens is 1. The van der Waals surface area contributed by atoms with Crippen LogP contribution in [0.25, 0.3) is 17.0 Å². The maximum Gasteiger partial charge on any atom is 0.0887 e. The van der Waals surface area contributed by atoms with Crippen molar-refractivity contribution in [1.29, 1.82) is 0 Å². The number of aliphatic imine (C=N–C) groups is 1. The Kier molecular flexibility index (Phi) is 5.40. The molecule has 0 atom stereocenters. The van der Waals surface area contributed by atoms with Crippen molar-refractivity contribution >= 4 is 40.8 Å². The molecule has 0 radical (unpaired) electrons. The van der Waals surface area contributed by atoms with Gasteiger partial charge in [0.05, 0.1) is 17.1 Å². The molecule has 0 fully saturated rings. The van der Waals surface area contributed by atoms with Gasteiger partial charge in [0, 0.05) is 33.1 Å². The number of para-hydroxylation sites is 1. The molecule has 0 saturated heterocycles. The number of rotatable bonds is 4. The number of benzene rings is 2. The van der Waals surface area contributed by atoms with Gasteiger partial charge < -0.3 is 5.73 Å². The van der Waals surface area contributed by atoms with Crippen LogP contribution in [-0.2, 0) is 0 Å². The van der Waals surface area contributed by atoms with E-state index in [1.54, 1.807) is 12.3 Å². The molecule has 5 heteroatoms. The van der Waals surface area contributed by atoms with Gasteiger partial charge in [-0.3, -0.25) is 4.99 Å². The average Bonchev–Trinajstić information content (AvgIpc) is 2.60. The van der Waals surface area contributed by atoms with E-state index in [9.17, 15) is 0 Å². The second-order valence-corrected chi connectivity index (χ2v) is 6.73. The molecule has 3 aromatic rings. The first-order valence-corrected chi connectivity index (χ1v) is 8.71. The number of nitrogen functional groups attached to an aromatic ring is 1. The van der Waals surface area contributed by atoms with Crippen molar-refractivity contribution in [2.45, 2.75) is 6.92 Å². The first-order valence-electron chi connectivity index (χ1n) is 7.96. The quantitative estimate of drug-likeness (QED) is 0.442. The molecule has 0 unspecified atom stereocenters. The van der Waals surface area contributed by atoms with E-state index >= 15 is 0 Å². The van der Waals surface area contributed by atoms with E-state index in [1.165, 1.54) is 0 Å². The Balaban J connectivity index is 1.94. The molecule has 0 aliphatic rings. The summed E-state index contributed by atoms with van der Waals surface area (Å²) in [6.45, 7) is 6.00. The van der Waals surface area contributed by atoms with Crippen molar-refractivity contribution < 1.29 is 0 Å². The monoisotopic (exact) mass is 381 g/mol. The first-order chi connectivity index (χ1) is 12.4. The fourth-order valence-electron chi connectivity index (χ4n) is 2.51. The molecule has 3 nitrogen and oxygen atoms in total. The fraction of sp³-hybridized carbons (Fsp3) is 0.0476. The van der Waals surface area contributed by atoms with Crippen molar-refractivity contribution in [3.63, 3.8) is 0 Å². The van der Waals surface area contributed by atoms with Crippen LogP contribution in [0.2, 0.25) is 10.0 Å². The van der Waals surface area contributed by atoms with Crippen LogP contribution in [-0.4, -0.2) is 11.2 Å². The maximum absolute atomic E-state index is 6.12. The highest BCUT2D eigenvalue weighted by Gasteiger charge is 2.09. The standard InChI is InChI=1S/C21H17Cl2N3/c1-13-7-8-20(14(2)25-12-15-5-3-4-6-19(15)24)26-21(13)16-9-17(22)11-18(23)10-16/h3-12H,2,24H2,1H3. The summed E-state index contributed by atoms with van der Waals surface area (Å²) in [7, 11) is 0. The lowest BCUT2D eigenvalue weighted by Gasteiger charge is -2.09. The van der Waals surface area contributed by atoms with Gasteiger partial charge >= 0.3 is 0 Å². The summed E-state index contributed by atoms with van der Waals surface area (Å²) in [6.07, 6.45) is 1.69. The molecule has 130 valence electrons. The Labute approximate surface area is 162 Å². The van der Waals surface area contributed by atoms with Crippen LogP contribution in [0.15, 0.2) is 66.2 Å². The van der Waals surface area contributed by atoms with Gasteiger partial charge in [0.2, 0.25) is 0 Å². The number of aryl methyl sites for hydroxylation is 1. The SMILES string of the molecule is C=C(N=Cc1ccccc1N)c1ccc(C)c(-c2cc(Cl)cc(Cl)c2)n1. The van der Waals surface area contributed by atoms with E-state index in [4.69, 9.17) is 33.9 Å². The highest BCUT2D eigenvalue weighted by molar-refractivity contribution is 6.35. The molecule has 0 aliphatic carbocycles. The second kappa shape index (κ2) is 7.73. The predicted octanol–water partition coefficient (Wildman–Crippen LogP) is 6.04. The van der Waals surface area contributed by atoms with Crippen LogP contribution in [0, 0.1) is 6.92 Å². The number of hydrogen-bond acceptors (Lipinski definition) is 3. The lowest BCUT2D eigenvalue weighted by atomic mass is 10.1. The number of anilines is 1. The largest absolute Gasteiger partial charge is 0.398 e. The van der Waals surface area contributed by atoms with Crippen molar-refractivity contribution in [2.24, 2.45) is 4.99 Å². The summed E-state index contributed by atoms with van der Waals surface area (Å²) in [6, 6.07) is 16.7. The summed E-state index contributed by atoms with van der Waals surface area (Å²) in [5, 5.41) is 1.13. The minimum absolute atomic E-state index is 0.544. The summed E-state index contributed by atoms with van der Waals surface area (Å²) < 4.78 is 0. The molecule has 0 spiro atoms. The molecule has 0 aliphatic heterocycles. The molecule has 2 N–H and O–H groups in total. The van der Waals surface area contributed by atoms with Gasteiger partial charge in [-0.25, -0.2) is 4.98 Å². The maximum atomic E-state index is 6.12. The van der Waals surface area contributed by atoms with Crippen LogP contribution in [0.5, 0.6) is 0 Å². The van der Waals surface area contributed by atoms with Gasteiger partial charge in [-0.1, -0.05) is 54.0 Å². The molecule has 1 heterocycles. The van der Waals surface area contributed by atoms with E-state index in [0.717, 1.165) is 22.4 Å². The summed E-state index contributed by atoms with van der Waals surface area (Å²) in [5.41, 5.74) is 11.3. The number of halogens is 2. The van der Waals surface area contributed by atoms with Crippen LogP contribution in [0.1, 0.15) is 16.8 Å². The van der Waals surface area contributed by atoms with E-state index in [1.807, 2.05) is 55.5 Å². The lowest BCUT2D eigenvalue weighted by molar-refractivity contribution is 1.22. The van der Waals surface area contributed by atoms with E-state index in [2.05, 4.69) is 11.6 Å². The third kappa shape index (κ3) is 4.13. The highest BCUT2D eigenvalue weighted by atomic mass is 35.5. The summed E-state index contributed by atoms with van der Waals surface area (Å²) in [4.78, 5) is 9.11. The smallest absolute Gasteiger partial charge is 0.0887 e. The molecule has 2 aromatic carbocycles. The van der Waals surface area contributed by atoms with Crippen LogP contribution in [0.3, 0.4) is 0 Å². The van der Waals surface area contributed by atoms with Crippen molar-refractivity contribution in [2.75, 3.05) is 5.73 Å². The zero-order chi connectivity index (χ0) is 18.7. The van der Waals surface area contributed by atoms with E-state index in [0.29, 0.717) is 27.1 Å². The highest BCUT2D eigenvalue weighted by Crippen LogP contribution is 2.29. The predicted molar refractivity (Wildman–Crippen MR) is 112 cm³/mol. The van der Waals surface area contributed by atoms with Gasteiger partial charge in [0.25, 0.3) is 0 Å². The summed E-state index contributed by atoms with van der Waals surface area (Å²) >= 11 is 12.2. The summed E-state index contributed by atoms with van der Waals surface area (Å²) in [5.74, 6) is 0. The lowest BCUT2D eigenvalue weighted by Crippen LogP contribution is -1.95. The molecule has 1 aromatic heterocycles. The Morgan fingerprint density at radius 3 is 2.46 bits per heavy atom. The van der Waals surface area contributed by atoms with E-state index in [-0.39, 0.29) is 0 Å². The van der Waals surface area contributed by atoms with Crippen LogP contribution >= 0.6 is 23.2 Å². The van der Waals surface area contributed by atoms with Crippen LogP contribution in [0.4, 0.5) is 5.69 Å². The fourth-order valence-corrected chi connectivity index (χ4v) is 3.04. The van der Waals surface area contributed by atoms with Crippen molar-refractivity contribution in [3.05, 3.63) is 88.0 Å². The number of pyridine rings is 1. The number of hydrogen-bond donors (Lipinski definition) is 1. The van der Waals surface area contributed by atoms with Gasteiger partial charge in [0.1, 0.15) is 0 Å². The van der Waals surface area contributed by atoms with Gasteiger partial charge in [0.15, 0.2) is 0 Å². The Bertz CT molecular complexity index is 990. The molecular formula is C21H17Cl2N3. The third-order valence-corrected chi connectivity index (χ3v) is 4.32. The molecule has 3 rings (SSSR count). The third-order valence-electron chi connectivity index (χ3n) is 3.88. The normalized spacial score (nSPS) is 11.0. The molecule has 0 amide bonds. The number of nitrogens with zero attached hydrogens (tertiary/aromatic N) is 2. The Hall–Kier alpha value is -2.62. The van der Waals surface area contributed by atoms with Crippen LogP contribution < -0.4 is 5.73 Å². The zero-order valence-electron chi connectivity index (χ0n) is 14.2. The zero-order valence-corrected chi connectivity index (χ0v) is 15.7. The molecule has 26 heavy (non-hydrogen) atoms. The first kappa shape index (κ1) is 18.2. The Morgan fingerprint density at radius 2 is 1.77 bits per heavy atom. The minimum atomic E-state index is 0.544. The second-order valence-electron chi connectivity index (χ2n) is 5.85. The van der Waals surface area contributed by atoms with Gasteiger partial charge in [-0.15, -0.1) is 0 Å². The molecule has 0 saturated carbocycles. The number of nitrogens with two attached hydrogens (primary N) is 1. The molecular weight excluding hydrogens is 365 g/mol. The van der Waals surface area contributed by atoms with E-state index < -0.39 is 0 Å². The van der Waals surface area contributed by atoms with Gasteiger partial charge in [-0.05, 0) is 42.8 Å². The van der Waals surface area contributed by atoms with Crippen molar-refractivity contribution in [3.8, 4) is 11.3 Å². The Morgan fingerprint density at radius 1 is 1.08 bits per heavy atom. The topological polar surface area (TPSA) is 51.3 Å². The van der Waals surface area contributed by atoms with Gasteiger partial charge in [-0.2, -0.15) is 0 Å².